The molecule has 0 saturated heterocycles. The lowest BCUT2D eigenvalue weighted by Crippen LogP contribution is -2.27. The first-order chi connectivity index (χ1) is 28.1. The summed E-state index contributed by atoms with van der Waals surface area (Å²) in [6.07, 6.45) is 19.2. The third-order valence-corrected chi connectivity index (χ3v) is 9.57. The van der Waals surface area contributed by atoms with Crippen molar-refractivity contribution in [3.63, 3.8) is 0 Å². The second-order valence-corrected chi connectivity index (χ2v) is 19.4. The second kappa shape index (κ2) is 50.1. The summed E-state index contributed by atoms with van der Waals surface area (Å²) in [7, 11) is -1.45. The van der Waals surface area contributed by atoms with E-state index in [1.165, 1.54) is 83.5 Å². The molecule has 0 aliphatic carbocycles. The fourth-order valence-electron chi connectivity index (χ4n) is 5.33. The topological polar surface area (TPSA) is 120 Å². The molecular weight excluding hydrogens is 753 g/mol. The minimum atomic E-state index is -1.45. The smallest absolute Gasteiger partial charge is 0.183 e. The lowest BCUT2D eigenvalue weighted by atomic mass is 10.0. The lowest BCUT2D eigenvalue weighted by molar-refractivity contribution is -0.0285. The fourth-order valence-corrected chi connectivity index (χ4v) is 6.02. The Kier molecular flexibility index (Phi) is 49.8. The third kappa shape index (κ3) is 55.7. The fraction of sp³-hybridized carbons (Fsp3) is 1.00. The van der Waals surface area contributed by atoms with E-state index in [1.807, 2.05) is 0 Å². The van der Waals surface area contributed by atoms with Crippen LogP contribution in [0.3, 0.4) is 0 Å². The minimum absolute atomic E-state index is 0.517. The van der Waals surface area contributed by atoms with Crippen LogP contribution >= 0.6 is 0 Å². The van der Waals surface area contributed by atoms with E-state index in [-0.39, 0.29) is 0 Å². The van der Waals surface area contributed by atoms with Gasteiger partial charge in [0.1, 0.15) is 0 Å². The van der Waals surface area contributed by atoms with Crippen molar-refractivity contribution in [1.82, 2.24) is 0 Å². The van der Waals surface area contributed by atoms with Crippen LogP contribution in [0.2, 0.25) is 19.6 Å². The van der Waals surface area contributed by atoms with Gasteiger partial charge in [-0.3, -0.25) is 0 Å². The highest BCUT2D eigenvalue weighted by atomic mass is 28.4. The van der Waals surface area contributed by atoms with Crippen LogP contribution in [0.15, 0.2) is 0 Å². The summed E-state index contributed by atoms with van der Waals surface area (Å²) in [6, 6.07) is 0. The van der Waals surface area contributed by atoms with Crippen LogP contribution in [-0.4, -0.2) is 173 Å². The Morgan fingerprint density at radius 3 is 0.596 bits per heavy atom. The van der Waals surface area contributed by atoms with Gasteiger partial charge in [-0.25, -0.2) is 0 Å². The van der Waals surface area contributed by atoms with Gasteiger partial charge in [-0.15, -0.1) is 0 Å². The van der Waals surface area contributed by atoms with Crippen LogP contribution in [0.5, 0.6) is 0 Å². The average molecular weight is 843 g/mol. The molecule has 0 bridgehead atoms. The molecule has 0 atom stereocenters. The normalized spacial score (nSPS) is 12.0. The van der Waals surface area contributed by atoms with Gasteiger partial charge >= 0.3 is 0 Å². The highest BCUT2D eigenvalue weighted by molar-refractivity contribution is 6.69. The molecule has 0 aromatic rings. The van der Waals surface area contributed by atoms with Gasteiger partial charge in [-0.1, -0.05) is 90.4 Å². The van der Waals surface area contributed by atoms with Crippen molar-refractivity contribution in [2.24, 2.45) is 0 Å². The molecule has 344 valence electrons. The highest BCUT2D eigenvalue weighted by Crippen LogP contribution is 2.13. The zero-order chi connectivity index (χ0) is 41.3. The first-order valence-corrected chi connectivity index (χ1v) is 26.0. The van der Waals surface area contributed by atoms with Crippen LogP contribution in [0.25, 0.3) is 0 Å². The molecule has 0 rings (SSSR count). The van der Waals surface area contributed by atoms with Gasteiger partial charge in [0.05, 0.1) is 159 Å². The average Bonchev–Trinajstić information content (AvgIpc) is 3.19. The van der Waals surface area contributed by atoms with Gasteiger partial charge in [0.2, 0.25) is 0 Å². The summed E-state index contributed by atoms with van der Waals surface area (Å²) in [5, 5.41) is 0. The van der Waals surface area contributed by atoms with E-state index in [0.29, 0.717) is 159 Å². The van der Waals surface area contributed by atoms with Crippen molar-refractivity contribution in [2.45, 2.75) is 116 Å². The molecule has 0 N–H and O–H groups in total. The Labute approximate surface area is 350 Å². The monoisotopic (exact) mass is 843 g/mol. The second-order valence-electron chi connectivity index (χ2n) is 14.9. The number of hydrogen-bond donors (Lipinski definition) is 0. The molecule has 0 fully saturated rings. The van der Waals surface area contributed by atoms with Crippen molar-refractivity contribution in [2.75, 3.05) is 165 Å². The van der Waals surface area contributed by atoms with Gasteiger partial charge < -0.3 is 61.3 Å². The molecule has 0 heterocycles. The summed E-state index contributed by atoms with van der Waals surface area (Å²) >= 11 is 0. The number of ether oxygens (including phenoxy) is 12. The van der Waals surface area contributed by atoms with E-state index in [2.05, 4.69) is 26.6 Å². The van der Waals surface area contributed by atoms with Crippen LogP contribution < -0.4 is 0 Å². The molecule has 0 saturated carbocycles. The van der Waals surface area contributed by atoms with Crippen molar-refractivity contribution in [3.8, 4) is 0 Å². The van der Waals surface area contributed by atoms with Gasteiger partial charge in [-0.05, 0) is 26.1 Å². The Morgan fingerprint density at radius 1 is 0.211 bits per heavy atom. The quantitative estimate of drug-likeness (QED) is 0.0444. The zero-order valence-corrected chi connectivity index (χ0v) is 38.4. The van der Waals surface area contributed by atoms with E-state index < -0.39 is 8.32 Å². The summed E-state index contributed by atoms with van der Waals surface area (Å²) in [5.74, 6) is 0. The molecule has 0 radical (unpaired) electrons. The summed E-state index contributed by atoms with van der Waals surface area (Å²) in [5.41, 5.74) is 0. The van der Waals surface area contributed by atoms with E-state index in [0.717, 1.165) is 13.0 Å². The maximum absolute atomic E-state index is 5.73. The predicted octanol–water partition coefficient (Wildman–Crippen LogP) is 7.52. The summed E-state index contributed by atoms with van der Waals surface area (Å²) in [6.45, 7) is 22.8. The van der Waals surface area contributed by atoms with Crippen LogP contribution in [-0.2, 0) is 61.3 Å². The van der Waals surface area contributed by atoms with E-state index in [4.69, 9.17) is 61.3 Å². The SMILES string of the molecule is CCCCCCCCCCCCCCCCOCCOCCOCCOCCOCCOCCOCCOCCOCCOCCOCCOCCO[Si](C)(C)C. The van der Waals surface area contributed by atoms with E-state index >= 15 is 0 Å². The maximum Gasteiger partial charge on any atom is 0.183 e. The Hall–Kier alpha value is -0.303. The van der Waals surface area contributed by atoms with Crippen LogP contribution in [0.1, 0.15) is 96.8 Å². The molecule has 0 aliphatic rings. The molecule has 0 spiro atoms. The Morgan fingerprint density at radius 2 is 0.386 bits per heavy atom. The van der Waals surface area contributed by atoms with Crippen molar-refractivity contribution < 1.29 is 61.3 Å². The number of hydrogen-bond acceptors (Lipinski definition) is 13. The maximum atomic E-state index is 5.73. The van der Waals surface area contributed by atoms with Crippen molar-refractivity contribution >= 4 is 8.32 Å². The lowest BCUT2D eigenvalue weighted by Gasteiger charge is -2.16. The molecule has 14 heteroatoms. The number of unbranched alkanes of at least 4 members (excludes halogenated alkanes) is 13. The van der Waals surface area contributed by atoms with E-state index in [9.17, 15) is 0 Å². The summed E-state index contributed by atoms with van der Waals surface area (Å²) in [4.78, 5) is 0. The molecule has 0 aromatic carbocycles. The molecule has 0 aliphatic heterocycles. The standard InChI is InChI=1S/C43H90O13Si/c1-5-6-7-8-9-10-11-12-13-14-15-16-17-18-19-44-20-21-45-22-23-46-24-25-47-26-27-48-28-29-49-30-31-50-32-33-51-34-35-52-36-37-53-38-39-54-40-41-55-42-43-56-57(2,3)4/h5-43H2,1-4H3. The molecule has 13 nitrogen and oxygen atoms in total. The first-order valence-electron chi connectivity index (χ1n) is 22.6. The molecule has 0 unspecified atom stereocenters. The van der Waals surface area contributed by atoms with Gasteiger partial charge in [0.15, 0.2) is 8.32 Å². The Bertz CT molecular complexity index is 721. The largest absolute Gasteiger partial charge is 0.415 e. The number of rotatable bonds is 52. The van der Waals surface area contributed by atoms with Gasteiger partial charge in [0.25, 0.3) is 0 Å². The highest BCUT2D eigenvalue weighted by Gasteiger charge is 2.13. The molecule has 57 heavy (non-hydrogen) atoms. The first kappa shape index (κ1) is 56.7. The van der Waals surface area contributed by atoms with Crippen molar-refractivity contribution in [1.29, 1.82) is 0 Å². The van der Waals surface area contributed by atoms with Gasteiger partial charge in [-0.2, -0.15) is 0 Å². The Balaban J connectivity index is 3.07. The zero-order valence-electron chi connectivity index (χ0n) is 37.4. The van der Waals surface area contributed by atoms with Crippen LogP contribution in [0.4, 0.5) is 0 Å². The van der Waals surface area contributed by atoms with Gasteiger partial charge in [0, 0.05) is 6.61 Å². The molecular formula is C43H90O13Si. The predicted molar refractivity (Wildman–Crippen MR) is 229 cm³/mol. The molecule has 0 aromatic heterocycles. The third-order valence-electron chi connectivity index (χ3n) is 8.50. The molecule has 0 amide bonds. The summed E-state index contributed by atoms with van der Waals surface area (Å²) < 4.78 is 72.1. The van der Waals surface area contributed by atoms with Crippen molar-refractivity contribution in [3.05, 3.63) is 0 Å². The van der Waals surface area contributed by atoms with E-state index in [1.54, 1.807) is 0 Å². The minimum Gasteiger partial charge on any atom is -0.415 e. The van der Waals surface area contributed by atoms with Crippen LogP contribution in [0, 0.1) is 0 Å².